The van der Waals surface area contributed by atoms with Crippen molar-refractivity contribution in [2.24, 2.45) is 5.41 Å². The van der Waals surface area contributed by atoms with Gasteiger partial charge in [-0.25, -0.2) is 4.09 Å². The van der Waals surface area contributed by atoms with Crippen LogP contribution in [0, 0.1) is 5.41 Å². The maximum atomic E-state index is 5.55. The van der Waals surface area contributed by atoms with Gasteiger partial charge < -0.3 is 4.74 Å². The molecule has 4 heteroatoms. The molecule has 0 saturated carbocycles. The zero-order valence-electron chi connectivity index (χ0n) is 9.28. The molecule has 0 unspecified atom stereocenters. The van der Waals surface area contributed by atoms with Crippen LogP contribution in [0.15, 0.2) is 12.3 Å². The van der Waals surface area contributed by atoms with E-state index in [0.717, 1.165) is 5.75 Å². The van der Waals surface area contributed by atoms with E-state index in [-0.39, 0.29) is 5.41 Å². The lowest BCUT2D eigenvalue weighted by Gasteiger charge is -2.17. The molecule has 14 heavy (non-hydrogen) atoms. The van der Waals surface area contributed by atoms with E-state index in [1.165, 1.54) is 0 Å². The minimum atomic E-state index is 0.182. The molecule has 1 aromatic rings. The maximum absolute atomic E-state index is 5.55. The molecule has 0 bridgehead atoms. The Kier molecular flexibility index (Phi) is 3.86. The minimum absolute atomic E-state index is 0.182. The maximum Gasteiger partial charge on any atom is 0.233 e. The summed E-state index contributed by atoms with van der Waals surface area (Å²) in [6.07, 6.45) is 1.92. The lowest BCUT2D eigenvalue weighted by Crippen LogP contribution is -2.17. The van der Waals surface area contributed by atoms with E-state index in [9.17, 15) is 0 Å². The van der Waals surface area contributed by atoms with E-state index in [1.54, 1.807) is 11.9 Å². The highest BCUT2D eigenvalue weighted by atomic mass is 32.2. The van der Waals surface area contributed by atoms with Gasteiger partial charge in [0.05, 0.1) is 6.61 Å². The highest BCUT2D eigenvalue weighted by Gasteiger charge is 2.11. The van der Waals surface area contributed by atoms with Gasteiger partial charge in [0.15, 0.2) is 0 Å². The van der Waals surface area contributed by atoms with Gasteiger partial charge in [0.2, 0.25) is 5.88 Å². The Morgan fingerprint density at radius 1 is 1.50 bits per heavy atom. The predicted octanol–water partition coefficient (Wildman–Crippen LogP) is 2.82. The van der Waals surface area contributed by atoms with Gasteiger partial charge in [-0.2, -0.15) is 0 Å². The molecule has 0 saturated heterocycles. The van der Waals surface area contributed by atoms with E-state index in [4.69, 9.17) is 4.74 Å². The lowest BCUT2D eigenvalue weighted by atomic mass is 9.99. The predicted molar refractivity (Wildman–Crippen MR) is 60.7 cm³/mol. The molecular formula is C10H18N2OS. The molecule has 1 heterocycles. The van der Waals surface area contributed by atoms with Crippen molar-refractivity contribution in [2.75, 3.05) is 12.4 Å². The third-order valence-corrected chi connectivity index (χ3v) is 2.18. The van der Waals surface area contributed by atoms with E-state index >= 15 is 0 Å². The second kappa shape index (κ2) is 4.73. The fraction of sp³-hybridized carbons (Fsp3) is 0.700. The Bertz CT molecular complexity index is 278. The van der Waals surface area contributed by atoms with Crippen LogP contribution in [0.25, 0.3) is 0 Å². The molecule has 0 aliphatic rings. The van der Waals surface area contributed by atoms with Crippen LogP contribution in [-0.4, -0.2) is 21.5 Å². The van der Waals surface area contributed by atoms with E-state index in [1.807, 2.05) is 16.4 Å². The first-order valence-electron chi connectivity index (χ1n) is 4.83. The number of aromatic nitrogens is 2. The molecule has 0 aliphatic heterocycles. The Morgan fingerprint density at radius 2 is 2.21 bits per heavy atom. The molecule has 1 rings (SSSR count). The Hall–Kier alpha value is -0.640. The van der Waals surface area contributed by atoms with Crippen molar-refractivity contribution in [3.8, 4) is 5.88 Å². The van der Waals surface area contributed by atoms with Gasteiger partial charge in [0.1, 0.15) is 0 Å². The first kappa shape index (κ1) is 11.4. The van der Waals surface area contributed by atoms with Gasteiger partial charge in [0.25, 0.3) is 0 Å². The summed E-state index contributed by atoms with van der Waals surface area (Å²) < 4.78 is 7.38. The van der Waals surface area contributed by atoms with Gasteiger partial charge in [-0.15, -0.1) is 5.10 Å². The summed E-state index contributed by atoms with van der Waals surface area (Å²) >= 11 is 1.66. The third-order valence-electron chi connectivity index (χ3n) is 1.46. The molecule has 0 radical (unpaired) electrons. The number of nitrogens with zero attached hydrogens (tertiary/aromatic N) is 2. The largest absolute Gasteiger partial charge is 0.476 e. The molecule has 0 aliphatic carbocycles. The van der Waals surface area contributed by atoms with Crippen LogP contribution < -0.4 is 4.74 Å². The van der Waals surface area contributed by atoms with Crippen molar-refractivity contribution < 1.29 is 4.74 Å². The Morgan fingerprint density at radius 3 is 2.79 bits per heavy atom. The highest BCUT2D eigenvalue weighted by molar-refractivity contribution is 7.97. The molecule has 0 atom stereocenters. The number of ether oxygens (including phenoxy) is 1. The van der Waals surface area contributed by atoms with Crippen molar-refractivity contribution >= 4 is 11.9 Å². The summed E-state index contributed by atoms with van der Waals surface area (Å²) in [4.78, 5) is 0. The summed E-state index contributed by atoms with van der Waals surface area (Å²) in [6, 6.07) is 1.90. The molecule has 0 spiro atoms. The molecular weight excluding hydrogens is 196 g/mol. The molecule has 0 N–H and O–H groups in total. The average Bonchev–Trinajstić information content (AvgIpc) is 2.49. The van der Waals surface area contributed by atoms with Crippen LogP contribution in [-0.2, 0) is 0 Å². The summed E-state index contributed by atoms with van der Waals surface area (Å²) in [5.41, 5.74) is 0.182. The Labute approximate surface area is 90.0 Å². The van der Waals surface area contributed by atoms with E-state index in [0.29, 0.717) is 12.5 Å². The fourth-order valence-electron chi connectivity index (χ4n) is 0.863. The monoisotopic (exact) mass is 214 g/mol. The summed E-state index contributed by atoms with van der Waals surface area (Å²) in [5.74, 6) is 1.72. The fourth-order valence-corrected chi connectivity index (χ4v) is 1.41. The highest BCUT2D eigenvalue weighted by Crippen LogP contribution is 2.17. The van der Waals surface area contributed by atoms with Gasteiger partial charge in [0, 0.05) is 18.0 Å². The van der Waals surface area contributed by atoms with Crippen molar-refractivity contribution in [1.82, 2.24) is 9.19 Å². The topological polar surface area (TPSA) is 27.1 Å². The first-order chi connectivity index (χ1) is 6.51. The third kappa shape index (κ3) is 4.05. The van der Waals surface area contributed by atoms with Crippen LogP contribution in [0.2, 0.25) is 0 Å². The second-order valence-corrected chi connectivity index (χ2v) is 5.53. The summed E-state index contributed by atoms with van der Waals surface area (Å²) in [6.45, 7) is 9.23. The standard InChI is InChI=1S/C10H18N2OS/c1-5-14-12-7-6-9(11-12)13-8-10(2,3)4/h6-7H,5,8H2,1-4H3. The van der Waals surface area contributed by atoms with Gasteiger partial charge in [-0.05, 0) is 17.4 Å². The van der Waals surface area contributed by atoms with E-state index in [2.05, 4.69) is 32.8 Å². The summed E-state index contributed by atoms with van der Waals surface area (Å²) in [7, 11) is 0. The molecule has 1 aromatic heterocycles. The van der Waals surface area contributed by atoms with Gasteiger partial charge >= 0.3 is 0 Å². The number of rotatable bonds is 4. The van der Waals surface area contributed by atoms with Crippen molar-refractivity contribution in [3.63, 3.8) is 0 Å². The van der Waals surface area contributed by atoms with Gasteiger partial charge in [-0.1, -0.05) is 27.7 Å². The van der Waals surface area contributed by atoms with Gasteiger partial charge in [-0.3, -0.25) is 0 Å². The molecule has 0 aromatic carbocycles. The van der Waals surface area contributed by atoms with Crippen LogP contribution in [0.1, 0.15) is 27.7 Å². The van der Waals surface area contributed by atoms with Crippen molar-refractivity contribution in [3.05, 3.63) is 12.3 Å². The van der Waals surface area contributed by atoms with Crippen LogP contribution in [0.3, 0.4) is 0 Å². The Balaban J connectivity index is 2.44. The quantitative estimate of drug-likeness (QED) is 0.771. The summed E-state index contributed by atoms with van der Waals surface area (Å²) in [5, 5.41) is 4.26. The normalized spacial score (nSPS) is 11.7. The lowest BCUT2D eigenvalue weighted by molar-refractivity contribution is 0.191. The van der Waals surface area contributed by atoms with Crippen LogP contribution >= 0.6 is 11.9 Å². The van der Waals surface area contributed by atoms with Crippen LogP contribution in [0.5, 0.6) is 5.88 Å². The molecule has 80 valence electrons. The zero-order valence-corrected chi connectivity index (χ0v) is 10.1. The van der Waals surface area contributed by atoms with Crippen molar-refractivity contribution in [1.29, 1.82) is 0 Å². The molecule has 0 amide bonds. The minimum Gasteiger partial charge on any atom is -0.476 e. The second-order valence-electron chi connectivity index (χ2n) is 4.32. The SMILES string of the molecule is CCSn1ccc(OCC(C)(C)C)n1. The smallest absolute Gasteiger partial charge is 0.233 e. The van der Waals surface area contributed by atoms with E-state index < -0.39 is 0 Å². The molecule has 3 nitrogen and oxygen atoms in total. The molecule has 0 fully saturated rings. The first-order valence-corrected chi connectivity index (χ1v) is 5.77. The van der Waals surface area contributed by atoms with Crippen LogP contribution in [0.4, 0.5) is 0 Å². The number of hydrogen-bond donors (Lipinski definition) is 0. The number of hydrogen-bond acceptors (Lipinski definition) is 3. The average molecular weight is 214 g/mol. The zero-order chi connectivity index (χ0) is 10.6. The van der Waals surface area contributed by atoms with Crippen molar-refractivity contribution in [2.45, 2.75) is 27.7 Å².